The van der Waals surface area contributed by atoms with Crippen molar-refractivity contribution in [1.82, 2.24) is 15.4 Å². The van der Waals surface area contributed by atoms with E-state index in [-0.39, 0.29) is 0 Å². The monoisotopic (exact) mass is 151 g/mol. The number of hydrogen-bond donors (Lipinski definition) is 1. The summed E-state index contributed by atoms with van der Waals surface area (Å²) in [5.41, 5.74) is 0. The topological polar surface area (TPSA) is 75.7 Å². The highest BCUT2D eigenvalue weighted by atomic mass is 32.3. The zero-order chi connectivity index (χ0) is 6.91. The van der Waals surface area contributed by atoms with Crippen molar-refractivity contribution < 1.29 is 12.3 Å². The number of halogens is 1. The van der Waals surface area contributed by atoms with Gasteiger partial charge in [-0.05, 0) is 0 Å². The number of H-pyrrole nitrogens is 1. The van der Waals surface area contributed by atoms with Gasteiger partial charge in [0.2, 0.25) is 5.03 Å². The predicted octanol–water partition coefficient (Wildman–Crippen LogP) is -0.537. The minimum Gasteiger partial charge on any atom is -0.197 e. The van der Waals surface area contributed by atoms with Crippen LogP contribution in [0.5, 0.6) is 0 Å². The molecule has 5 nitrogen and oxygen atoms in total. The quantitative estimate of drug-likeness (QED) is 0.547. The summed E-state index contributed by atoms with van der Waals surface area (Å²) in [6.45, 7) is 0. The van der Waals surface area contributed by atoms with Gasteiger partial charge in [0.05, 0.1) is 6.20 Å². The fraction of sp³-hybridized carbons (Fsp3) is 0. The molecule has 0 unspecified atom stereocenters. The van der Waals surface area contributed by atoms with Crippen LogP contribution in [0.2, 0.25) is 0 Å². The van der Waals surface area contributed by atoms with Gasteiger partial charge in [-0.2, -0.15) is 18.7 Å². The Bertz CT molecular complexity index is 277. The van der Waals surface area contributed by atoms with E-state index < -0.39 is 15.2 Å². The maximum absolute atomic E-state index is 11.8. The van der Waals surface area contributed by atoms with E-state index in [0.29, 0.717) is 0 Å². The zero-order valence-electron chi connectivity index (χ0n) is 4.07. The summed E-state index contributed by atoms with van der Waals surface area (Å²) < 4.78 is 31.6. The van der Waals surface area contributed by atoms with Gasteiger partial charge in [-0.15, -0.1) is 5.10 Å². The van der Waals surface area contributed by atoms with Gasteiger partial charge in [0.25, 0.3) is 0 Å². The Morgan fingerprint density at radius 3 is 2.56 bits per heavy atom. The average molecular weight is 151 g/mol. The van der Waals surface area contributed by atoms with Crippen molar-refractivity contribution in [2.24, 2.45) is 0 Å². The van der Waals surface area contributed by atoms with Crippen molar-refractivity contribution in [2.75, 3.05) is 0 Å². The molecule has 0 aliphatic carbocycles. The molecule has 1 aromatic rings. The Morgan fingerprint density at radius 2 is 2.33 bits per heavy atom. The Labute approximate surface area is 50.1 Å². The second-order valence-corrected chi connectivity index (χ2v) is 2.54. The van der Waals surface area contributed by atoms with E-state index in [9.17, 15) is 12.3 Å². The first-order valence-corrected chi connectivity index (χ1v) is 3.29. The van der Waals surface area contributed by atoms with Crippen LogP contribution in [0, 0.1) is 0 Å². The number of nitrogens with zero attached hydrogens (tertiary/aromatic N) is 2. The molecule has 0 radical (unpaired) electrons. The van der Waals surface area contributed by atoms with Crippen LogP contribution in [0.25, 0.3) is 0 Å². The van der Waals surface area contributed by atoms with Crippen LogP contribution in [0.15, 0.2) is 11.2 Å². The summed E-state index contributed by atoms with van der Waals surface area (Å²) >= 11 is 0. The minimum absolute atomic E-state index is 0.692. The zero-order valence-corrected chi connectivity index (χ0v) is 4.89. The van der Waals surface area contributed by atoms with Crippen LogP contribution in [-0.2, 0) is 10.2 Å². The summed E-state index contributed by atoms with van der Waals surface area (Å²) in [4.78, 5) is 0. The second kappa shape index (κ2) is 1.76. The molecule has 0 bridgehead atoms. The molecule has 0 saturated heterocycles. The Hall–Kier alpha value is -0.980. The van der Waals surface area contributed by atoms with E-state index in [4.69, 9.17) is 0 Å². The lowest BCUT2D eigenvalue weighted by molar-refractivity contribution is 0.547. The molecule has 0 aliphatic heterocycles. The molecule has 0 atom stereocenters. The third-order valence-corrected chi connectivity index (χ3v) is 1.34. The first kappa shape index (κ1) is 6.14. The van der Waals surface area contributed by atoms with Gasteiger partial charge in [-0.3, -0.25) is 0 Å². The largest absolute Gasteiger partial charge is 0.353 e. The van der Waals surface area contributed by atoms with Gasteiger partial charge in [-0.25, -0.2) is 0 Å². The van der Waals surface area contributed by atoms with Crippen molar-refractivity contribution in [3.8, 4) is 0 Å². The first-order valence-electron chi connectivity index (χ1n) is 1.91. The van der Waals surface area contributed by atoms with Gasteiger partial charge in [0.15, 0.2) is 0 Å². The SMILES string of the molecule is O=S(=O)(F)c1cn[nH]n1. The third kappa shape index (κ3) is 1.22. The van der Waals surface area contributed by atoms with Crippen molar-refractivity contribution in [1.29, 1.82) is 0 Å². The Balaban J connectivity index is 3.20. The van der Waals surface area contributed by atoms with E-state index in [1.807, 2.05) is 5.21 Å². The molecule has 7 heteroatoms. The van der Waals surface area contributed by atoms with E-state index in [1.54, 1.807) is 0 Å². The molecule has 0 spiro atoms. The number of rotatable bonds is 1. The summed E-state index contributed by atoms with van der Waals surface area (Å²) in [6, 6.07) is 0. The summed E-state index contributed by atoms with van der Waals surface area (Å²) in [6.07, 6.45) is 0.787. The van der Waals surface area contributed by atoms with Crippen molar-refractivity contribution >= 4 is 10.2 Å². The van der Waals surface area contributed by atoms with Crippen molar-refractivity contribution in [3.05, 3.63) is 6.20 Å². The third-order valence-electron chi connectivity index (χ3n) is 0.643. The smallest absolute Gasteiger partial charge is 0.197 e. The second-order valence-electron chi connectivity index (χ2n) is 1.25. The van der Waals surface area contributed by atoms with Gasteiger partial charge in [0.1, 0.15) is 0 Å². The molecule has 1 rings (SSSR count). The van der Waals surface area contributed by atoms with E-state index in [1.165, 1.54) is 0 Å². The van der Waals surface area contributed by atoms with Crippen LogP contribution >= 0.6 is 0 Å². The fourth-order valence-corrected chi connectivity index (χ4v) is 0.637. The molecule has 9 heavy (non-hydrogen) atoms. The fourth-order valence-electron chi connectivity index (χ4n) is 0.309. The lowest BCUT2D eigenvalue weighted by Crippen LogP contribution is -1.90. The summed E-state index contributed by atoms with van der Waals surface area (Å²) in [5.74, 6) is 0. The van der Waals surface area contributed by atoms with E-state index in [2.05, 4.69) is 10.2 Å². The molecule has 1 aromatic heterocycles. The molecule has 0 fully saturated rings. The highest BCUT2D eigenvalue weighted by Crippen LogP contribution is 2.03. The van der Waals surface area contributed by atoms with Crippen LogP contribution in [0.3, 0.4) is 0 Å². The lowest BCUT2D eigenvalue weighted by atomic mass is 11.0. The Morgan fingerprint density at radius 1 is 1.67 bits per heavy atom. The van der Waals surface area contributed by atoms with E-state index >= 15 is 0 Å². The highest BCUT2D eigenvalue weighted by Gasteiger charge is 2.13. The summed E-state index contributed by atoms with van der Waals surface area (Å²) in [7, 11) is -4.66. The van der Waals surface area contributed by atoms with Crippen LogP contribution in [-0.4, -0.2) is 23.8 Å². The summed E-state index contributed by atoms with van der Waals surface area (Å²) in [5, 5.41) is 7.35. The number of hydrogen-bond acceptors (Lipinski definition) is 4. The average Bonchev–Trinajstić information content (AvgIpc) is 2.08. The molecule has 0 aromatic carbocycles. The van der Waals surface area contributed by atoms with Crippen molar-refractivity contribution in [3.63, 3.8) is 0 Å². The number of nitrogens with one attached hydrogen (secondary N) is 1. The molecular weight excluding hydrogens is 149 g/mol. The highest BCUT2D eigenvalue weighted by molar-refractivity contribution is 7.86. The number of aromatic amines is 1. The number of aromatic nitrogens is 3. The van der Waals surface area contributed by atoms with Crippen molar-refractivity contribution in [2.45, 2.75) is 5.03 Å². The van der Waals surface area contributed by atoms with Gasteiger partial charge in [-0.1, -0.05) is 3.89 Å². The minimum atomic E-state index is -4.66. The van der Waals surface area contributed by atoms with Crippen LogP contribution in [0.4, 0.5) is 3.89 Å². The first-order chi connectivity index (χ1) is 4.11. The molecule has 0 saturated carbocycles. The normalized spacial score (nSPS) is 11.7. The predicted molar refractivity (Wildman–Crippen MR) is 24.7 cm³/mol. The molecule has 0 aliphatic rings. The molecule has 50 valence electrons. The molecule has 0 amide bonds. The van der Waals surface area contributed by atoms with Crippen LogP contribution < -0.4 is 0 Å². The maximum Gasteiger partial charge on any atom is 0.353 e. The van der Waals surface area contributed by atoms with Crippen LogP contribution in [0.1, 0.15) is 0 Å². The molecule has 1 heterocycles. The standard InChI is InChI=1S/C2H2FN3O2S/c3-9(7,8)2-1-4-6-5-2/h1H,(H,4,5,6). The molecule has 1 N–H and O–H groups in total. The van der Waals surface area contributed by atoms with Gasteiger partial charge < -0.3 is 0 Å². The Kier molecular flexibility index (Phi) is 1.20. The lowest BCUT2D eigenvalue weighted by Gasteiger charge is -1.78. The maximum atomic E-state index is 11.8. The van der Waals surface area contributed by atoms with Gasteiger partial charge in [0, 0.05) is 0 Å². The van der Waals surface area contributed by atoms with Gasteiger partial charge >= 0.3 is 10.2 Å². The van der Waals surface area contributed by atoms with E-state index in [0.717, 1.165) is 6.20 Å². The molecular formula is C2H2FN3O2S.